The van der Waals surface area contributed by atoms with Crippen molar-refractivity contribution >= 4 is 44.8 Å². The number of nitrogens with two attached hydrogens (primary N) is 1. The number of rotatable bonds is 3. The average molecular weight is 353 g/mol. The number of alkyl halides is 1. The van der Waals surface area contributed by atoms with Crippen molar-refractivity contribution < 1.29 is 9.90 Å². The van der Waals surface area contributed by atoms with Crippen LogP contribution < -0.4 is 10.6 Å². The number of halogens is 1. The van der Waals surface area contributed by atoms with Crippen molar-refractivity contribution in [3.05, 3.63) is 11.9 Å². The number of aromatic nitrogens is 4. The van der Waals surface area contributed by atoms with Crippen LogP contribution >= 0.6 is 15.9 Å². The van der Waals surface area contributed by atoms with E-state index in [-0.39, 0.29) is 24.4 Å². The third-order valence-corrected chi connectivity index (χ3v) is 4.21. The molecule has 1 atom stereocenters. The molecule has 21 heavy (non-hydrogen) atoms. The lowest BCUT2D eigenvalue weighted by molar-refractivity contribution is -0.117. The Morgan fingerprint density at radius 3 is 2.90 bits per heavy atom. The molecule has 1 aliphatic rings. The van der Waals surface area contributed by atoms with Gasteiger partial charge in [0, 0.05) is 18.3 Å². The van der Waals surface area contributed by atoms with Crippen molar-refractivity contribution in [3.63, 3.8) is 0 Å². The Morgan fingerprint density at radius 1 is 1.43 bits per heavy atom. The van der Waals surface area contributed by atoms with E-state index in [1.807, 2.05) is 0 Å². The van der Waals surface area contributed by atoms with Gasteiger partial charge in [0.15, 0.2) is 17.0 Å². The highest BCUT2D eigenvalue weighted by atomic mass is 79.9. The van der Waals surface area contributed by atoms with E-state index < -0.39 is 0 Å². The van der Waals surface area contributed by atoms with E-state index in [0.29, 0.717) is 35.6 Å². The monoisotopic (exact) mass is 352 g/mol. The third-order valence-electron chi connectivity index (χ3n) is 3.30. The fourth-order valence-electron chi connectivity index (χ4n) is 2.30. The minimum atomic E-state index is -0.245. The molecule has 110 valence electrons. The zero-order valence-electron chi connectivity index (χ0n) is 11.0. The number of nitrogens with zero attached hydrogens (tertiary/aromatic N) is 5. The van der Waals surface area contributed by atoms with Gasteiger partial charge in [0.25, 0.3) is 0 Å². The SMILES string of the molecule is Nc1nc(N2CC(CBr)CC2=O)c2nc(CO)cnc2n1. The highest BCUT2D eigenvalue weighted by Gasteiger charge is 2.32. The average Bonchev–Trinajstić information content (AvgIpc) is 2.87. The zero-order valence-corrected chi connectivity index (χ0v) is 12.6. The number of amides is 1. The number of carbonyl (C=O) groups is 1. The minimum absolute atomic E-state index is 0.0324. The van der Waals surface area contributed by atoms with Crippen LogP contribution in [0.4, 0.5) is 11.8 Å². The predicted octanol–water partition coefficient (Wildman–Crippen LogP) is 0.242. The zero-order chi connectivity index (χ0) is 15.0. The van der Waals surface area contributed by atoms with Gasteiger partial charge in [0.05, 0.1) is 18.5 Å². The van der Waals surface area contributed by atoms with Gasteiger partial charge in [-0.15, -0.1) is 0 Å². The molecule has 1 amide bonds. The van der Waals surface area contributed by atoms with Gasteiger partial charge in [-0.2, -0.15) is 9.97 Å². The van der Waals surface area contributed by atoms with E-state index in [4.69, 9.17) is 5.73 Å². The van der Waals surface area contributed by atoms with Crippen LogP contribution in [0.3, 0.4) is 0 Å². The van der Waals surface area contributed by atoms with E-state index in [1.165, 1.54) is 6.20 Å². The summed E-state index contributed by atoms with van der Waals surface area (Å²) in [5, 5.41) is 9.92. The first-order valence-electron chi connectivity index (χ1n) is 6.38. The largest absolute Gasteiger partial charge is 0.390 e. The second kappa shape index (κ2) is 5.49. The van der Waals surface area contributed by atoms with Crippen molar-refractivity contribution in [2.75, 3.05) is 22.5 Å². The highest BCUT2D eigenvalue weighted by Crippen LogP contribution is 2.29. The van der Waals surface area contributed by atoms with E-state index >= 15 is 0 Å². The van der Waals surface area contributed by atoms with E-state index in [1.54, 1.807) is 4.90 Å². The summed E-state index contributed by atoms with van der Waals surface area (Å²) in [7, 11) is 0. The normalized spacial score (nSPS) is 18.7. The molecule has 0 aliphatic carbocycles. The summed E-state index contributed by atoms with van der Waals surface area (Å²) in [6.45, 7) is 0.297. The summed E-state index contributed by atoms with van der Waals surface area (Å²) in [5.41, 5.74) is 6.76. The molecule has 1 saturated heterocycles. The van der Waals surface area contributed by atoms with Crippen LogP contribution in [0.15, 0.2) is 6.20 Å². The van der Waals surface area contributed by atoms with Gasteiger partial charge in [-0.05, 0) is 5.92 Å². The second-order valence-electron chi connectivity index (χ2n) is 4.83. The molecular formula is C12H13BrN6O2. The van der Waals surface area contributed by atoms with Crippen molar-refractivity contribution in [2.24, 2.45) is 5.92 Å². The summed E-state index contributed by atoms with van der Waals surface area (Å²) in [6, 6.07) is 0. The first-order chi connectivity index (χ1) is 10.1. The molecule has 0 saturated carbocycles. The van der Waals surface area contributed by atoms with E-state index in [2.05, 4.69) is 35.9 Å². The van der Waals surface area contributed by atoms with Crippen LogP contribution in [0.2, 0.25) is 0 Å². The van der Waals surface area contributed by atoms with Crippen LogP contribution in [0.25, 0.3) is 11.2 Å². The molecule has 3 rings (SSSR count). The molecule has 2 aromatic heterocycles. The molecule has 1 unspecified atom stereocenters. The van der Waals surface area contributed by atoms with Crippen LogP contribution in [0.5, 0.6) is 0 Å². The van der Waals surface area contributed by atoms with E-state index in [9.17, 15) is 9.90 Å². The summed E-state index contributed by atoms with van der Waals surface area (Å²) >= 11 is 3.39. The van der Waals surface area contributed by atoms with Gasteiger partial charge in [-0.25, -0.2) is 9.97 Å². The molecule has 1 fully saturated rings. The van der Waals surface area contributed by atoms with Crippen molar-refractivity contribution in [1.29, 1.82) is 0 Å². The fraction of sp³-hybridized carbons (Fsp3) is 0.417. The lowest BCUT2D eigenvalue weighted by Gasteiger charge is -2.17. The lowest BCUT2D eigenvalue weighted by atomic mass is 10.2. The molecule has 2 aromatic rings. The Kier molecular flexibility index (Phi) is 3.68. The number of fused-ring (bicyclic) bond motifs is 1. The van der Waals surface area contributed by atoms with Gasteiger partial charge < -0.3 is 10.8 Å². The Labute approximate surface area is 128 Å². The van der Waals surface area contributed by atoms with Crippen LogP contribution in [-0.4, -0.2) is 42.8 Å². The number of anilines is 2. The smallest absolute Gasteiger partial charge is 0.228 e. The molecule has 1 aliphatic heterocycles. The summed E-state index contributed by atoms with van der Waals surface area (Å²) in [6.07, 6.45) is 1.87. The molecule has 3 N–H and O–H groups in total. The van der Waals surface area contributed by atoms with Gasteiger partial charge in [0.2, 0.25) is 11.9 Å². The van der Waals surface area contributed by atoms with Crippen LogP contribution in [-0.2, 0) is 11.4 Å². The number of aliphatic hydroxyl groups is 1. The molecular weight excluding hydrogens is 340 g/mol. The number of hydrogen-bond acceptors (Lipinski definition) is 7. The van der Waals surface area contributed by atoms with Crippen molar-refractivity contribution in [2.45, 2.75) is 13.0 Å². The predicted molar refractivity (Wildman–Crippen MR) is 79.7 cm³/mol. The molecule has 3 heterocycles. The Morgan fingerprint density at radius 2 is 2.24 bits per heavy atom. The molecule has 0 spiro atoms. The number of carbonyl (C=O) groups excluding carboxylic acids is 1. The molecule has 8 nitrogen and oxygen atoms in total. The van der Waals surface area contributed by atoms with Crippen LogP contribution in [0.1, 0.15) is 12.1 Å². The maximum atomic E-state index is 12.2. The molecule has 9 heteroatoms. The summed E-state index contributed by atoms with van der Waals surface area (Å²) in [5.74, 6) is 0.583. The standard InChI is InChI=1S/C12H13BrN6O2/c13-2-6-1-8(21)19(4-6)11-9-10(17-12(14)18-11)15-3-7(5-20)16-9/h3,6,20H,1-2,4-5H2,(H2,14,15,17,18). The summed E-state index contributed by atoms with van der Waals surface area (Å²) in [4.78, 5) is 30.3. The molecule has 0 bridgehead atoms. The maximum absolute atomic E-state index is 12.2. The molecule has 0 aromatic carbocycles. The van der Waals surface area contributed by atoms with Crippen molar-refractivity contribution in [1.82, 2.24) is 19.9 Å². The van der Waals surface area contributed by atoms with Crippen LogP contribution in [0, 0.1) is 5.92 Å². The van der Waals surface area contributed by atoms with Gasteiger partial charge in [-0.3, -0.25) is 9.69 Å². The number of nitrogen functional groups attached to an aromatic ring is 1. The Balaban J connectivity index is 2.14. The minimum Gasteiger partial charge on any atom is -0.390 e. The van der Waals surface area contributed by atoms with Crippen molar-refractivity contribution in [3.8, 4) is 0 Å². The topological polar surface area (TPSA) is 118 Å². The maximum Gasteiger partial charge on any atom is 0.228 e. The molecule has 0 radical (unpaired) electrons. The Hall–Kier alpha value is -1.87. The lowest BCUT2D eigenvalue weighted by Crippen LogP contribution is -2.27. The highest BCUT2D eigenvalue weighted by molar-refractivity contribution is 9.09. The number of aliphatic hydroxyl groups excluding tert-OH is 1. The number of hydrogen-bond donors (Lipinski definition) is 2. The van der Waals surface area contributed by atoms with Gasteiger partial charge in [-0.1, -0.05) is 15.9 Å². The fourth-order valence-corrected chi connectivity index (χ4v) is 2.73. The first-order valence-corrected chi connectivity index (χ1v) is 7.51. The van der Waals surface area contributed by atoms with E-state index in [0.717, 1.165) is 5.33 Å². The second-order valence-corrected chi connectivity index (χ2v) is 5.47. The van der Waals surface area contributed by atoms with Gasteiger partial charge >= 0.3 is 0 Å². The quantitative estimate of drug-likeness (QED) is 0.759. The first kappa shape index (κ1) is 14.1. The summed E-state index contributed by atoms with van der Waals surface area (Å²) < 4.78 is 0. The Bertz CT molecular complexity index is 709. The van der Waals surface area contributed by atoms with Gasteiger partial charge in [0.1, 0.15) is 0 Å². The third kappa shape index (κ3) is 2.54.